The van der Waals surface area contributed by atoms with Crippen LogP contribution in [0.15, 0.2) is 66.2 Å². The van der Waals surface area contributed by atoms with Crippen LogP contribution < -0.4 is 25.4 Å². The molecule has 1 saturated heterocycles. The number of aromatic nitrogens is 4. The molecule has 2 aromatic carbocycles. The third-order valence-electron chi connectivity index (χ3n) is 6.91. The average Bonchev–Trinajstić information content (AvgIpc) is 3.57. The van der Waals surface area contributed by atoms with Crippen molar-refractivity contribution in [2.24, 2.45) is 0 Å². The van der Waals surface area contributed by atoms with Gasteiger partial charge in [0.1, 0.15) is 22.6 Å². The minimum absolute atomic E-state index is 0.218. The van der Waals surface area contributed by atoms with Crippen molar-refractivity contribution >= 4 is 39.2 Å². The van der Waals surface area contributed by atoms with Crippen molar-refractivity contribution in [2.75, 3.05) is 30.8 Å². The number of thiazole rings is 1. The zero-order valence-electron chi connectivity index (χ0n) is 22.9. The topological polar surface area (TPSA) is 115 Å². The highest BCUT2D eigenvalue weighted by Gasteiger charge is 2.21. The van der Waals surface area contributed by atoms with Crippen molar-refractivity contribution in [3.63, 3.8) is 0 Å². The summed E-state index contributed by atoms with van der Waals surface area (Å²) in [5.41, 5.74) is 3.19. The van der Waals surface area contributed by atoms with Gasteiger partial charge in [-0.2, -0.15) is 5.10 Å². The van der Waals surface area contributed by atoms with Crippen LogP contribution >= 0.6 is 11.3 Å². The van der Waals surface area contributed by atoms with Crippen molar-refractivity contribution in [1.29, 1.82) is 0 Å². The molecule has 0 saturated carbocycles. The van der Waals surface area contributed by atoms with Gasteiger partial charge in [0.25, 0.3) is 5.91 Å². The maximum absolute atomic E-state index is 12.7. The Bertz CT molecular complexity index is 1640. The largest absolute Gasteiger partial charge is 0.497 e. The molecule has 1 aliphatic heterocycles. The van der Waals surface area contributed by atoms with Gasteiger partial charge in [-0.05, 0) is 68.3 Å². The van der Waals surface area contributed by atoms with Crippen LogP contribution in [0, 0.1) is 6.92 Å². The molecule has 3 N–H and O–H groups in total. The molecule has 4 heterocycles. The number of carbonyl (C=O) groups is 1. The van der Waals surface area contributed by atoms with Gasteiger partial charge < -0.3 is 20.1 Å². The smallest absolute Gasteiger partial charge is 0.257 e. The van der Waals surface area contributed by atoms with E-state index in [1.807, 2.05) is 47.3 Å². The number of carbonyl (C=O) groups excluding carboxylic acids is 1. The van der Waals surface area contributed by atoms with Crippen molar-refractivity contribution in [3.05, 3.63) is 83.0 Å². The van der Waals surface area contributed by atoms with E-state index in [9.17, 15) is 4.79 Å². The molecule has 41 heavy (non-hydrogen) atoms. The van der Waals surface area contributed by atoms with Crippen molar-refractivity contribution in [2.45, 2.75) is 32.4 Å². The highest BCUT2D eigenvalue weighted by Crippen LogP contribution is 2.35. The molecule has 0 unspecified atom stereocenters. The zero-order chi connectivity index (χ0) is 28.2. The molecule has 0 bridgehead atoms. The lowest BCUT2D eigenvalue weighted by atomic mass is 10.1. The standard InChI is InChI=1S/C30H31N7O3S/c1-19-18-41-30(33-19)35-29(38)21-7-11-24(12-8-21)40-25-13-15-32-28-26(25)27(34-22-4-3-14-31-16-22)36-37(28)17-20-5-9-23(39-2)10-6-20/h5-13,15,18,22,31H,3-4,14,16-17H2,1-2H3,(H,34,36)(H,33,35,38)/t22-/m1/s1. The van der Waals surface area contributed by atoms with Crippen LogP contribution in [0.25, 0.3) is 11.0 Å². The predicted molar refractivity (Wildman–Crippen MR) is 160 cm³/mol. The molecule has 0 spiro atoms. The first-order valence-electron chi connectivity index (χ1n) is 13.5. The molecule has 10 nitrogen and oxygen atoms in total. The van der Waals surface area contributed by atoms with E-state index in [1.165, 1.54) is 11.3 Å². The van der Waals surface area contributed by atoms with Gasteiger partial charge >= 0.3 is 0 Å². The van der Waals surface area contributed by atoms with E-state index in [-0.39, 0.29) is 11.9 Å². The fourth-order valence-electron chi connectivity index (χ4n) is 4.82. The SMILES string of the molecule is COc1ccc(Cn2nc(N[C@@H]3CCCNC3)c3c(Oc4ccc(C(=O)Nc5nc(C)cs5)cc4)ccnc32)cc1. The molecule has 1 aliphatic rings. The van der Waals surface area contributed by atoms with Crippen LogP contribution in [0.2, 0.25) is 0 Å². The Morgan fingerprint density at radius 2 is 1.93 bits per heavy atom. The molecule has 0 radical (unpaired) electrons. The number of ether oxygens (including phenoxy) is 2. The number of methoxy groups -OCH3 is 1. The van der Waals surface area contributed by atoms with Gasteiger partial charge in [0.05, 0.1) is 19.3 Å². The van der Waals surface area contributed by atoms with Gasteiger partial charge in [-0.3, -0.25) is 10.1 Å². The molecular weight excluding hydrogens is 538 g/mol. The molecule has 210 valence electrons. The van der Waals surface area contributed by atoms with Gasteiger partial charge in [-0.1, -0.05) is 12.1 Å². The molecule has 6 rings (SSSR count). The van der Waals surface area contributed by atoms with Crippen LogP contribution in [0.5, 0.6) is 17.2 Å². The Balaban J connectivity index is 1.28. The zero-order valence-corrected chi connectivity index (χ0v) is 23.7. The minimum Gasteiger partial charge on any atom is -0.497 e. The number of benzene rings is 2. The lowest BCUT2D eigenvalue weighted by molar-refractivity contribution is 0.102. The number of nitrogens with zero attached hydrogens (tertiary/aromatic N) is 4. The number of fused-ring (bicyclic) bond motifs is 1. The van der Waals surface area contributed by atoms with Crippen LogP contribution in [-0.4, -0.2) is 51.9 Å². The predicted octanol–water partition coefficient (Wildman–Crippen LogP) is 5.46. The number of hydrogen-bond donors (Lipinski definition) is 3. The molecule has 1 atom stereocenters. The van der Waals surface area contributed by atoms with Gasteiger partial charge in [0.2, 0.25) is 0 Å². The molecular formula is C30H31N7O3S. The number of hydrogen-bond acceptors (Lipinski definition) is 9. The summed E-state index contributed by atoms with van der Waals surface area (Å²) in [7, 11) is 1.66. The van der Waals surface area contributed by atoms with Crippen molar-refractivity contribution in [3.8, 4) is 17.2 Å². The molecule has 1 fully saturated rings. The quantitative estimate of drug-likeness (QED) is 0.214. The van der Waals surface area contributed by atoms with Crippen molar-refractivity contribution < 1.29 is 14.3 Å². The molecule has 3 aromatic heterocycles. The lowest BCUT2D eigenvalue weighted by Gasteiger charge is -2.23. The number of aryl methyl sites for hydroxylation is 1. The lowest BCUT2D eigenvalue weighted by Crippen LogP contribution is -2.38. The van der Waals surface area contributed by atoms with Crippen LogP contribution in [0.4, 0.5) is 10.9 Å². The highest BCUT2D eigenvalue weighted by molar-refractivity contribution is 7.13. The average molecular weight is 570 g/mol. The fourth-order valence-corrected chi connectivity index (χ4v) is 5.50. The Labute approximate surface area is 241 Å². The summed E-state index contributed by atoms with van der Waals surface area (Å²) in [5.74, 6) is 2.57. The van der Waals surface area contributed by atoms with Crippen molar-refractivity contribution in [1.82, 2.24) is 25.1 Å². The normalized spacial score (nSPS) is 15.0. The number of anilines is 2. The molecule has 11 heteroatoms. The Morgan fingerprint density at radius 3 is 2.63 bits per heavy atom. The van der Waals surface area contributed by atoms with E-state index < -0.39 is 0 Å². The molecule has 5 aromatic rings. The monoisotopic (exact) mass is 569 g/mol. The number of pyridine rings is 1. The fraction of sp³-hybridized carbons (Fsp3) is 0.267. The summed E-state index contributed by atoms with van der Waals surface area (Å²) in [6.07, 6.45) is 3.89. The van der Waals surface area contributed by atoms with Gasteiger partial charge in [-0.15, -0.1) is 11.3 Å². The summed E-state index contributed by atoms with van der Waals surface area (Å²) in [4.78, 5) is 21.7. The van der Waals surface area contributed by atoms with E-state index in [0.717, 1.165) is 59.8 Å². The van der Waals surface area contributed by atoms with E-state index in [2.05, 4.69) is 25.9 Å². The van der Waals surface area contributed by atoms with Gasteiger partial charge in [0, 0.05) is 35.8 Å². The van der Waals surface area contributed by atoms with Crippen LogP contribution in [0.1, 0.15) is 34.5 Å². The molecule has 0 aliphatic carbocycles. The molecule has 1 amide bonds. The summed E-state index contributed by atoms with van der Waals surface area (Å²) < 4.78 is 13.6. The summed E-state index contributed by atoms with van der Waals surface area (Å²) >= 11 is 1.40. The number of amides is 1. The third-order valence-corrected chi connectivity index (χ3v) is 7.78. The number of piperidine rings is 1. The highest BCUT2D eigenvalue weighted by atomic mass is 32.1. The Morgan fingerprint density at radius 1 is 1.12 bits per heavy atom. The second kappa shape index (κ2) is 11.9. The Hall–Kier alpha value is -4.48. The van der Waals surface area contributed by atoms with E-state index in [0.29, 0.717) is 28.7 Å². The Kier molecular flexibility index (Phi) is 7.79. The van der Waals surface area contributed by atoms with Crippen LogP contribution in [-0.2, 0) is 6.54 Å². The van der Waals surface area contributed by atoms with Crippen LogP contribution in [0.3, 0.4) is 0 Å². The summed E-state index contributed by atoms with van der Waals surface area (Å²) in [6, 6.07) is 17.1. The third kappa shape index (κ3) is 6.16. The first-order chi connectivity index (χ1) is 20.1. The van der Waals surface area contributed by atoms with E-state index >= 15 is 0 Å². The first kappa shape index (κ1) is 26.7. The number of nitrogens with one attached hydrogen (secondary N) is 3. The minimum atomic E-state index is -0.218. The number of rotatable bonds is 9. The van der Waals surface area contributed by atoms with E-state index in [1.54, 1.807) is 37.6 Å². The second-order valence-corrected chi connectivity index (χ2v) is 10.8. The first-order valence-corrected chi connectivity index (χ1v) is 14.4. The second-order valence-electron chi connectivity index (χ2n) is 9.92. The summed E-state index contributed by atoms with van der Waals surface area (Å²) in [6.45, 7) is 4.33. The maximum Gasteiger partial charge on any atom is 0.257 e. The van der Waals surface area contributed by atoms with E-state index in [4.69, 9.17) is 14.6 Å². The summed E-state index contributed by atoms with van der Waals surface area (Å²) in [5, 5.41) is 18.2. The van der Waals surface area contributed by atoms with Gasteiger partial charge in [-0.25, -0.2) is 14.6 Å². The van der Waals surface area contributed by atoms with Gasteiger partial charge in [0.15, 0.2) is 16.6 Å². The maximum atomic E-state index is 12.7.